The summed E-state index contributed by atoms with van der Waals surface area (Å²) in [5, 5.41) is 39.3. The number of hydrogen-bond acceptors (Lipinski definition) is 12. The molecule has 12 heteroatoms. The molecule has 12 N–H and O–H groups in total. The number of carbonyl (C=O) groups excluding carboxylic acids is 4. The van der Waals surface area contributed by atoms with Crippen LogP contribution in [0.2, 0.25) is 0 Å². The van der Waals surface area contributed by atoms with Crippen LogP contribution in [0.1, 0.15) is 63.7 Å². The zero-order valence-corrected chi connectivity index (χ0v) is 20.4. The number of nitrogens with two attached hydrogens (primary N) is 4. The third-order valence-corrected chi connectivity index (χ3v) is 6.68. The fourth-order valence-corrected chi connectivity index (χ4v) is 4.83. The number of benzene rings is 4. The van der Waals surface area contributed by atoms with Crippen LogP contribution in [0.15, 0.2) is 48.5 Å². The van der Waals surface area contributed by atoms with Crippen LogP contribution in [0, 0.1) is 0 Å². The number of carbonyl (C=O) groups is 4. The van der Waals surface area contributed by atoms with Gasteiger partial charge in [-0.25, -0.2) is 0 Å². The van der Waals surface area contributed by atoms with Crippen molar-refractivity contribution in [3.8, 4) is 23.0 Å². The van der Waals surface area contributed by atoms with E-state index in [-0.39, 0.29) is 90.3 Å². The molecule has 0 unspecified atom stereocenters. The SMILES string of the molecule is Nc1ccc(O)c2c1C(=O)c1c(O)ccc(N)c1C2=O.Nc1ccc(O)c2c1C(=O)c1c(O)ccc(N)c1C2=O. The molecule has 0 atom stereocenters. The molecule has 4 aromatic carbocycles. The minimum absolute atomic E-state index is 0.0589. The molecular formula is C28H20N4O8. The van der Waals surface area contributed by atoms with Gasteiger partial charge in [-0.15, -0.1) is 0 Å². The topological polar surface area (TPSA) is 253 Å². The zero-order valence-electron chi connectivity index (χ0n) is 20.4. The van der Waals surface area contributed by atoms with E-state index in [1.165, 1.54) is 48.5 Å². The molecule has 4 aromatic rings. The number of anilines is 4. The van der Waals surface area contributed by atoms with Crippen molar-refractivity contribution in [2.75, 3.05) is 22.9 Å². The van der Waals surface area contributed by atoms with E-state index >= 15 is 0 Å². The van der Waals surface area contributed by atoms with Crippen molar-refractivity contribution in [1.29, 1.82) is 0 Å². The lowest BCUT2D eigenvalue weighted by molar-refractivity contribution is 0.0975. The zero-order chi connectivity index (χ0) is 29.2. The highest BCUT2D eigenvalue weighted by Crippen LogP contribution is 2.42. The van der Waals surface area contributed by atoms with Gasteiger partial charge in [-0.3, -0.25) is 19.2 Å². The normalized spacial score (nSPS) is 13.0. The van der Waals surface area contributed by atoms with Gasteiger partial charge in [0.05, 0.1) is 44.5 Å². The first-order valence-electron chi connectivity index (χ1n) is 11.5. The molecule has 0 radical (unpaired) electrons. The molecule has 0 amide bonds. The summed E-state index contributed by atoms with van der Waals surface area (Å²) in [5.74, 6) is -3.91. The Hall–Kier alpha value is -6.04. The lowest BCUT2D eigenvalue weighted by atomic mass is 9.81. The molecule has 2 aliphatic carbocycles. The number of fused-ring (bicyclic) bond motifs is 4. The molecule has 0 spiro atoms. The van der Waals surface area contributed by atoms with E-state index in [9.17, 15) is 39.6 Å². The van der Waals surface area contributed by atoms with Crippen molar-refractivity contribution in [2.24, 2.45) is 0 Å². The highest BCUT2D eigenvalue weighted by molar-refractivity contribution is 6.34. The Morgan fingerprint density at radius 1 is 0.325 bits per heavy atom. The van der Waals surface area contributed by atoms with Gasteiger partial charge in [0.25, 0.3) is 0 Å². The average molecular weight is 540 g/mol. The highest BCUT2D eigenvalue weighted by atomic mass is 16.3. The second-order valence-corrected chi connectivity index (χ2v) is 9.01. The first kappa shape index (κ1) is 25.6. The summed E-state index contributed by atoms with van der Waals surface area (Å²) >= 11 is 0. The lowest BCUT2D eigenvalue weighted by Crippen LogP contribution is -2.24. The van der Waals surface area contributed by atoms with Crippen LogP contribution >= 0.6 is 0 Å². The summed E-state index contributed by atoms with van der Waals surface area (Å²) in [6.45, 7) is 0. The minimum atomic E-state index is -0.632. The van der Waals surface area contributed by atoms with Crippen LogP contribution in [-0.4, -0.2) is 43.6 Å². The third kappa shape index (κ3) is 3.47. The fraction of sp³-hybridized carbons (Fsp3) is 0. The monoisotopic (exact) mass is 540 g/mol. The molecule has 40 heavy (non-hydrogen) atoms. The number of rotatable bonds is 0. The van der Waals surface area contributed by atoms with Crippen molar-refractivity contribution in [3.63, 3.8) is 0 Å². The van der Waals surface area contributed by atoms with E-state index in [1.54, 1.807) is 0 Å². The van der Waals surface area contributed by atoms with E-state index < -0.39 is 23.1 Å². The van der Waals surface area contributed by atoms with Gasteiger partial charge >= 0.3 is 0 Å². The maximum Gasteiger partial charge on any atom is 0.200 e. The van der Waals surface area contributed by atoms with Gasteiger partial charge in [-0.1, -0.05) is 0 Å². The molecule has 0 heterocycles. The summed E-state index contributed by atoms with van der Waals surface area (Å²) < 4.78 is 0. The second-order valence-electron chi connectivity index (χ2n) is 9.01. The number of hydrogen-bond donors (Lipinski definition) is 8. The van der Waals surface area contributed by atoms with E-state index in [1.807, 2.05) is 0 Å². The molecule has 0 aromatic heterocycles. The van der Waals surface area contributed by atoms with Gasteiger partial charge in [0.2, 0.25) is 23.1 Å². The Labute approximate surface area is 224 Å². The van der Waals surface area contributed by atoms with Gasteiger partial charge in [0.15, 0.2) is 0 Å². The summed E-state index contributed by atoms with van der Waals surface area (Å²) in [7, 11) is 0. The first-order chi connectivity index (χ1) is 18.9. The maximum atomic E-state index is 12.4. The largest absolute Gasteiger partial charge is 0.507 e. The van der Waals surface area contributed by atoms with Gasteiger partial charge in [-0.2, -0.15) is 0 Å². The van der Waals surface area contributed by atoms with Crippen LogP contribution in [0.25, 0.3) is 0 Å². The molecule has 6 rings (SSSR count). The molecule has 0 bridgehead atoms. The van der Waals surface area contributed by atoms with E-state index in [4.69, 9.17) is 22.9 Å². The van der Waals surface area contributed by atoms with Crippen LogP contribution in [0.4, 0.5) is 22.7 Å². The van der Waals surface area contributed by atoms with E-state index in [2.05, 4.69) is 0 Å². The number of aromatic hydroxyl groups is 4. The standard InChI is InChI=1S/2C14H10N2O4/c2*15-5-1-3-7(17)11-9(5)13(19)12-8(18)4-2-6(16)10(12)14(11)20/h2*1-4,17-18H,15-16H2. The van der Waals surface area contributed by atoms with Gasteiger partial charge < -0.3 is 43.4 Å². The van der Waals surface area contributed by atoms with Gasteiger partial charge in [0.1, 0.15) is 23.0 Å². The molecule has 0 fully saturated rings. The fourth-order valence-electron chi connectivity index (χ4n) is 4.83. The van der Waals surface area contributed by atoms with Crippen LogP contribution in [0.3, 0.4) is 0 Å². The second kappa shape index (κ2) is 8.77. The van der Waals surface area contributed by atoms with Crippen LogP contribution < -0.4 is 22.9 Å². The summed E-state index contributed by atoms with van der Waals surface area (Å²) in [5.41, 5.74) is 21.9. The van der Waals surface area contributed by atoms with E-state index in [0.717, 1.165) is 0 Å². The minimum Gasteiger partial charge on any atom is -0.507 e. The van der Waals surface area contributed by atoms with Gasteiger partial charge in [-0.05, 0) is 48.5 Å². The summed E-state index contributed by atoms with van der Waals surface area (Å²) in [6.07, 6.45) is 0. The summed E-state index contributed by atoms with van der Waals surface area (Å²) in [6, 6.07) is 10.3. The third-order valence-electron chi connectivity index (χ3n) is 6.68. The van der Waals surface area contributed by atoms with Gasteiger partial charge in [0, 0.05) is 22.7 Å². The van der Waals surface area contributed by atoms with Crippen molar-refractivity contribution in [3.05, 3.63) is 93.0 Å². The molecule has 2 aliphatic rings. The number of phenols is 4. The van der Waals surface area contributed by atoms with Crippen molar-refractivity contribution in [2.45, 2.75) is 0 Å². The predicted octanol–water partition coefficient (Wildman–Crippen LogP) is 2.08. The van der Waals surface area contributed by atoms with Crippen molar-refractivity contribution < 1.29 is 39.6 Å². The predicted molar refractivity (Wildman–Crippen MR) is 144 cm³/mol. The molecule has 0 saturated carbocycles. The maximum absolute atomic E-state index is 12.4. The Kier molecular flexibility index (Phi) is 5.61. The highest BCUT2D eigenvalue weighted by Gasteiger charge is 2.38. The Balaban J connectivity index is 0.000000161. The van der Waals surface area contributed by atoms with Crippen LogP contribution in [0.5, 0.6) is 23.0 Å². The lowest BCUT2D eigenvalue weighted by Gasteiger charge is -2.21. The molecule has 200 valence electrons. The first-order valence-corrected chi connectivity index (χ1v) is 11.5. The molecule has 12 nitrogen and oxygen atoms in total. The quantitative estimate of drug-likeness (QED) is 0.102. The summed E-state index contributed by atoms with van der Waals surface area (Å²) in [4.78, 5) is 49.8. The smallest absolute Gasteiger partial charge is 0.200 e. The van der Waals surface area contributed by atoms with Crippen molar-refractivity contribution in [1.82, 2.24) is 0 Å². The Morgan fingerprint density at radius 2 is 0.500 bits per heavy atom. The average Bonchev–Trinajstić information content (AvgIpc) is 2.91. The van der Waals surface area contributed by atoms with Crippen molar-refractivity contribution >= 4 is 45.9 Å². The Bertz CT molecular complexity index is 1470. The molecular weight excluding hydrogens is 520 g/mol. The van der Waals surface area contributed by atoms with E-state index in [0.29, 0.717) is 0 Å². The number of ketones is 4. The van der Waals surface area contributed by atoms with Crippen LogP contribution in [-0.2, 0) is 0 Å². The number of nitrogen functional groups attached to an aromatic ring is 4. The number of phenolic OH excluding ortho intramolecular Hbond substituents is 4. The molecule has 0 aliphatic heterocycles. The molecule has 0 saturated heterocycles. The Morgan fingerprint density at radius 3 is 0.675 bits per heavy atom.